The molecule has 2 aliphatic heterocycles. The van der Waals surface area contributed by atoms with Crippen molar-refractivity contribution in [3.8, 4) is 0 Å². The molecule has 1 amide bonds. The maximum atomic E-state index is 12.6. The van der Waals surface area contributed by atoms with Gasteiger partial charge in [0.1, 0.15) is 0 Å². The van der Waals surface area contributed by atoms with Crippen LogP contribution in [0.3, 0.4) is 0 Å². The van der Waals surface area contributed by atoms with Crippen molar-refractivity contribution in [1.29, 1.82) is 0 Å². The lowest BCUT2D eigenvalue weighted by Gasteiger charge is -2.35. The van der Waals surface area contributed by atoms with Crippen molar-refractivity contribution in [1.82, 2.24) is 9.80 Å². The van der Waals surface area contributed by atoms with Gasteiger partial charge in [-0.15, -0.1) is 11.8 Å². The van der Waals surface area contributed by atoms with Crippen LogP contribution < -0.4 is 0 Å². The third-order valence-electron chi connectivity index (χ3n) is 4.51. The molecule has 1 atom stereocenters. The fourth-order valence-corrected chi connectivity index (χ4v) is 4.64. The summed E-state index contributed by atoms with van der Waals surface area (Å²) in [6.07, 6.45) is 8.25. The number of amides is 1. The largest absolute Gasteiger partial charge is 0.355 e. The van der Waals surface area contributed by atoms with Crippen LogP contribution in [0.5, 0.6) is 0 Å². The van der Waals surface area contributed by atoms with Crippen LogP contribution in [-0.2, 0) is 4.79 Å². The van der Waals surface area contributed by atoms with Crippen molar-refractivity contribution in [2.24, 2.45) is 0 Å². The summed E-state index contributed by atoms with van der Waals surface area (Å²) in [7, 11) is 0. The Kier molecular flexibility index (Phi) is 6.46. The van der Waals surface area contributed by atoms with Crippen LogP contribution in [0.25, 0.3) is 0 Å². The van der Waals surface area contributed by atoms with Gasteiger partial charge in [-0.1, -0.05) is 26.7 Å². The van der Waals surface area contributed by atoms with Gasteiger partial charge in [-0.3, -0.25) is 4.79 Å². The Hall–Kier alpha value is -0.640. The number of likely N-dealkylation sites (tertiary alicyclic amines) is 1. The van der Waals surface area contributed by atoms with Crippen molar-refractivity contribution in [3.05, 3.63) is 10.6 Å². The molecule has 1 fully saturated rings. The van der Waals surface area contributed by atoms with Gasteiger partial charge in [-0.25, -0.2) is 0 Å². The molecule has 0 aliphatic carbocycles. The number of carbonyl (C=O) groups is 1. The highest BCUT2D eigenvalue weighted by Crippen LogP contribution is 2.37. The third kappa shape index (κ3) is 4.18. The highest BCUT2D eigenvalue weighted by atomic mass is 32.2. The van der Waals surface area contributed by atoms with Crippen molar-refractivity contribution in [2.75, 3.05) is 19.0 Å². The predicted molar refractivity (Wildman–Crippen MR) is 91.0 cm³/mol. The van der Waals surface area contributed by atoms with E-state index in [9.17, 15) is 4.79 Å². The summed E-state index contributed by atoms with van der Waals surface area (Å²) in [4.78, 5) is 18.6. The molecule has 2 aliphatic rings. The highest BCUT2D eigenvalue weighted by Gasteiger charge is 2.28. The first kappa shape index (κ1) is 16.7. The lowest BCUT2D eigenvalue weighted by atomic mass is 10.0. The molecule has 0 aromatic heterocycles. The van der Waals surface area contributed by atoms with Crippen molar-refractivity contribution < 1.29 is 4.79 Å². The summed E-state index contributed by atoms with van der Waals surface area (Å²) in [5.74, 6) is 1.30. The Morgan fingerprint density at radius 2 is 2.00 bits per heavy atom. The molecule has 21 heavy (non-hydrogen) atoms. The van der Waals surface area contributed by atoms with Crippen LogP contribution in [0.4, 0.5) is 0 Å². The van der Waals surface area contributed by atoms with E-state index in [1.807, 2.05) is 11.8 Å². The maximum Gasteiger partial charge on any atom is 0.242 e. The lowest BCUT2D eigenvalue weighted by molar-refractivity contribution is -0.135. The number of hydrogen-bond donors (Lipinski definition) is 0. The standard InChI is InChI=1S/C17H30N2OS/c1-4-8-15-16(9-5-2)21-13-18(15)12-17(20)19-11-7-6-10-14(19)3/h14H,4-13H2,1-3H3. The number of hydrogen-bond acceptors (Lipinski definition) is 3. The highest BCUT2D eigenvalue weighted by molar-refractivity contribution is 8.03. The number of nitrogens with zero attached hydrogens (tertiary/aromatic N) is 2. The van der Waals surface area contributed by atoms with Gasteiger partial charge < -0.3 is 9.80 Å². The molecule has 2 rings (SSSR count). The molecule has 0 bridgehead atoms. The van der Waals surface area contributed by atoms with Gasteiger partial charge in [0.15, 0.2) is 0 Å². The van der Waals surface area contributed by atoms with Crippen LogP contribution in [0.15, 0.2) is 10.6 Å². The van der Waals surface area contributed by atoms with Crippen LogP contribution in [0, 0.1) is 0 Å². The normalized spacial score (nSPS) is 23.1. The van der Waals surface area contributed by atoms with Gasteiger partial charge >= 0.3 is 0 Å². The minimum atomic E-state index is 0.328. The first-order valence-corrected chi connectivity index (χ1v) is 9.55. The molecule has 0 radical (unpaired) electrons. The molecule has 0 aromatic rings. The Bertz CT molecular complexity index is 394. The van der Waals surface area contributed by atoms with E-state index >= 15 is 0 Å². The quantitative estimate of drug-likeness (QED) is 0.734. The first-order valence-electron chi connectivity index (χ1n) is 8.56. The summed E-state index contributed by atoms with van der Waals surface area (Å²) in [6, 6.07) is 0.426. The molecule has 2 heterocycles. The zero-order valence-corrected chi connectivity index (χ0v) is 14.7. The SMILES string of the molecule is CCCC1=C(CCC)N(CC(=O)N2CCCCC2C)CS1. The topological polar surface area (TPSA) is 23.6 Å². The van der Waals surface area contributed by atoms with Gasteiger partial charge in [0, 0.05) is 23.2 Å². The summed E-state index contributed by atoms with van der Waals surface area (Å²) in [5.41, 5.74) is 1.45. The summed E-state index contributed by atoms with van der Waals surface area (Å²) in [5, 5.41) is 0. The van der Waals surface area contributed by atoms with Crippen LogP contribution in [0.1, 0.15) is 65.7 Å². The lowest BCUT2D eigenvalue weighted by Crippen LogP contribution is -2.46. The van der Waals surface area contributed by atoms with E-state index in [-0.39, 0.29) is 0 Å². The fourth-order valence-electron chi connectivity index (χ4n) is 3.34. The summed E-state index contributed by atoms with van der Waals surface area (Å²) in [6.45, 7) is 8.20. The van der Waals surface area contributed by atoms with E-state index in [1.54, 1.807) is 0 Å². The third-order valence-corrected chi connectivity index (χ3v) is 5.74. The second kappa shape index (κ2) is 8.11. The number of piperidine rings is 1. The Morgan fingerprint density at radius 1 is 1.24 bits per heavy atom. The molecule has 3 nitrogen and oxygen atoms in total. The zero-order valence-electron chi connectivity index (χ0n) is 13.9. The number of allylic oxidation sites excluding steroid dienone is 2. The van der Waals surface area contributed by atoms with Crippen molar-refractivity contribution in [2.45, 2.75) is 71.8 Å². The van der Waals surface area contributed by atoms with Crippen molar-refractivity contribution in [3.63, 3.8) is 0 Å². The number of thioether (sulfide) groups is 1. The monoisotopic (exact) mass is 310 g/mol. The van der Waals surface area contributed by atoms with Crippen molar-refractivity contribution >= 4 is 17.7 Å². The van der Waals surface area contributed by atoms with E-state index in [0.29, 0.717) is 18.5 Å². The smallest absolute Gasteiger partial charge is 0.242 e. The van der Waals surface area contributed by atoms with E-state index in [0.717, 1.165) is 25.3 Å². The van der Waals surface area contributed by atoms with Gasteiger partial charge in [-0.2, -0.15) is 0 Å². The van der Waals surface area contributed by atoms with E-state index in [2.05, 4.69) is 30.6 Å². The van der Waals surface area contributed by atoms with E-state index in [4.69, 9.17) is 0 Å². The molecular formula is C17H30N2OS. The molecule has 1 saturated heterocycles. The maximum absolute atomic E-state index is 12.6. The summed E-state index contributed by atoms with van der Waals surface area (Å²) < 4.78 is 0. The van der Waals surface area contributed by atoms with E-state index in [1.165, 1.54) is 42.7 Å². The first-order chi connectivity index (χ1) is 10.2. The predicted octanol–water partition coefficient (Wildman–Crippen LogP) is 4.21. The van der Waals surface area contributed by atoms with Crippen LogP contribution in [0.2, 0.25) is 0 Å². The second-order valence-corrected chi connectivity index (χ2v) is 7.31. The molecular weight excluding hydrogens is 280 g/mol. The zero-order chi connectivity index (χ0) is 15.2. The summed E-state index contributed by atoms with van der Waals surface area (Å²) >= 11 is 1.95. The minimum absolute atomic E-state index is 0.328. The minimum Gasteiger partial charge on any atom is -0.355 e. The molecule has 120 valence electrons. The van der Waals surface area contributed by atoms with Gasteiger partial charge in [0.25, 0.3) is 0 Å². The number of rotatable bonds is 6. The van der Waals surface area contributed by atoms with Crippen LogP contribution in [-0.4, -0.2) is 40.7 Å². The molecule has 0 saturated carbocycles. The molecule has 1 unspecified atom stereocenters. The molecule has 0 N–H and O–H groups in total. The molecule has 0 aromatic carbocycles. The Balaban J connectivity index is 1.99. The molecule has 4 heteroatoms. The van der Waals surface area contributed by atoms with Crippen LogP contribution >= 0.6 is 11.8 Å². The van der Waals surface area contributed by atoms with Gasteiger partial charge in [0.2, 0.25) is 5.91 Å². The Morgan fingerprint density at radius 3 is 2.67 bits per heavy atom. The fraction of sp³-hybridized carbons (Fsp3) is 0.824. The number of carbonyl (C=O) groups excluding carboxylic acids is 1. The van der Waals surface area contributed by atoms with Gasteiger partial charge in [-0.05, 0) is 39.0 Å². The average Bonchev–Trinajstić information content (AvgIpc) is 2.83. The second-order valence-electron chi connectivity index (χ2n) is 6.27. The van der Waals surface area contributed by atoms with Gasteiger partial charge in [0.05, 0.1) is 12.4 Å². The Labute approximate surface area is 134 Å². The molecule has 0 spiro atoms. The van der Waals surface area contributed by atoms with E-state index < -0.39 is 0 Å². The average molecular weight is 311 g/mol.